The van der Waals surface area contributed by atoms with Crippen molar-refractivity contribution in [3.63, 3.8) is 0 Å². The molecule has 0 amide bonds. The SMILES string of the molecule is C=CC.CC1=CCC=C1. The van der Waals surface area contributed by atoms with Gasteiger partial charge in [-0.05, 0) is 20.3 Å². The zero-order valence-corrected chi connectivity index (χ0v) is 6.22. The van der Waals surface area contributed by atoms with Gasteiger partial charge >= 0.3 is 0 Å². The van der Waals surface area contributed by atoms with E-state index in [1.165, 1.54) is 5.57 Å². The second kappa shape index (κ2) is 5.36. The molecule has 0 radical (unpaired) electrons. The Hall–Kier alpha value is -0.780. The molecule has 0 nitrogen and oxygen atoms in total. The Labute approximate surface area is 57.6 Å². The van der Waals surface area contributed by atoms with Gasteiger partial charge in [0.2, 0.25) is 0 Å². The van der Waals surface area contributed by atoms with Gasteiger partial charge in [-0.15, -0.1) is 6.58 Å². The molecule has 0 unspecified atom stereocenters. The molecular weight excluding hydrogens is 108 g/mol. The van der Waals surface area contributed by atoms with Crippen LogP contribution in [-0.2, 0) is 0 Å². The lowest BCUT2D eigenvalue weighted by atomic mass is 10.3. The van der Waals surface area contributed by atoms with Crippen LogP contribution in [0.3, 0.4) is 0 Å². The Morgan fingerprint density at radius 1 is 1.67 bits per heavy atom. The summed E-state index contributed by atoms with van der Waals surface area (Å²) in [5, 5.41) is 0. The van der Waals surface area contributed by atoms with Crippen LogP contribution in [-0.4, -0.2) is 0 Å². The Kier molecular flexibility index (Phi) is 4.89. The molecule has 0 bridgehead atoms. The first-order chi connectivity index (χ1) is 4.31. The summed E-state index contributed by atoms with van der Waals surface area (Å²) in [5.41, 5.74) is 1.40. The highest BCUT2D eigenvalue weighted by Crippen LogP contribution is 2.05. The van der Waals surface area contributed by atoms with Crippen molar-refractivity contribution in [3.8, 4) is 0 Å². The van der Waals surface area contributed by atoms with Gasteiger partial charge in [0.05, 0.1) is 0 Å². The molecule has 1 aliphatic carbocycles. The molecule has 0 saturated carbocycles. The lowest BCUT2D eigenvalue weighted by molar-refractivity contribution is 1.42. The van der Waals surface area contributed by atoms with E-state index >= 15 is 0 Å². The van der Waals surface area contributed by atoms with Crippen LogP contribution in [0.4, 0.5) is 0 Å². The van der Waals surface area contributed by atoms with Crippen molar-refractivity contribution in [2.75, 3.05) is 0 Å². The second-order valence-corrected chi connectivity index (χ2v) is 1.99. The molecule has 1 aliphatic rings. The Morgan fingerprint density at radius 3 is 2.33 bits per heavy atom. The first kappa shape index (κ1) is 8.22. The molecule has 9 heavy (non-hydrogen) atoms. The van der Waals surface area contributed by atoms with Crippen LogP contribution in [0.15, 0.2) is 36.5 Å². The predicted molar refractivity (Wildman–Crippen MR) is 43.4 cm³/mol. The van der Waals surface area contributed by atoms with Crippen molar-refractivity contribution >= 4 is 0 Å². The lowest BCUT2D eigenvalue weighted by Gasteiger charge is -1.72. The smallest absolute Gasteiger partial charge is 0.0160 e. The van der Waals surface area contributed by atoms with E-state index in [4.69, 9.17) is 0 Å². The van der Waals surface area contributed by atoms with E-state index in [9.17, 15) is 0 Å². The zero-order chi connectivity index (χ0) is 7.11. The molecule has 0 atom stereocenters. The molecule has 0 saturated heterocycles. The van der Waals surface area contributed by atoms with Crippen molar-refractivity contribution in [2.45, 2.75) is 20.3 Å². The highest BCUT2D eigenvalue weighted by molar-refractivity contribution is 5.23. The second-order valence-electron chi connectivity index (χ2n) is 1.99. The van der Waals surface area contributed by atoms with Gasteiger partial charge in [-0.3, -0.25) is 0 Å². The third kappa shape index (κ3) is 5.09. The molecule has 0 heterocycles. The molecule has 0 fully saturated rings. The maximum absolute atomic E-state index is 3.36. The number of hydrogen-bond acceptors (Lipinski definition) is 0. The fourth-order valence-corrected chi connectivity index (χ4v) is 0.576. The minimum Gasteiger partial charge on any atom is -0.103 e. The fourth-order valence-electron chi connectivity index (χ4n) is 0.576. The van der Waals surface area contributed by atoms with Gasteiger partial charge in [-0.25, -0.2) is 0 Å². The molecule has 50 valence electrons. The molecule has 0 spiro atoms. The van der Waals surface area contributed by atoms with Gasteiger partial charge < -0.3 is 0 Å². The summed E-state index contributed by atoms with van der Waals surface area (Å²) < 4.78 is 0. The van der Waals surface area contributed by atoms with Crippen LogP contribution in [0.2, 0.25) is 0 Å². The number of rotatable bonds is 0. The van der Waals surface area contributed by atoms with Crippen LogP contribution >= 0.6 is 0 Å². The van der Waals surface area contributed by atoms with Gasteiger partial charge in [0.25, 0.3) is 0 Å². The third-order valence-corrected chi connectivity index (χ3v) is 0.957. The summed E-state index contributed by atoms with van der Waals surface area (Å²) in [5.74, 6) is 0. The minimum atomic E-state index is 1.14. The molecule has 0 aromatic heterocycles. The van der Waals surface area contributed by atoms with Crippen LogP contribution in [0.25, 0.3) is 0 Å². The average molecular weight is 122 g/mol. The first-order valence-electron chi connectivity index (χ1n) is 3.21. The first-order valence-corrected chi connectivity index (χ1v) is 3.21. The van der Waals surface area contributed by atoms with Crippen molar-refractivity contribution in [1.29, 1.82) is 0 Å². The van der Waals surface area contributed by atoms with E-state index in [1.54, 1.807) is 6.08 Å². The van der Waals surface area contributed by atoms with Crippen LogP contribution in [0.5, 0.6) is 0 Å². The van der Waals surface area contributed by atoms with Gasteiger partial charge in [0.1, 0.15) is 0 Å². The van der Waals surface area contributed by atoms with E-state index in [0.29, 0.717) is 0 Å². The van der Waals surface area contributed by atoms with Crippen LogP contribution in [0, 0.1) is 0 Å². The van der Waals surface area contributed by atoms with E-state index in [1.807, 2.05) is 6.92 Å². The minimum absolute atomic E-state index is 1.14. The summed E-state index contributed by atoms with van der Waals surface area (Å²) in [6, 6.07) is 0. The molecule has 0 aliphatic heterocycles. The van der Waals surface area contributed by atoms with Crippen molar-refractivity contribution in [2.24, 2.45) is 0 Å². The molecule has 1 rings (SSSR count). The van der Waals surface area contributed by atoms with Gasteiger partial charge in [0, 0.05) is 0 Å². The predicted octanol–water partition coefficient (Wildman–Crippen LogP) is 3.08. The highest BCUT2D eigenvalue weighted by Gasteiger charge is 1.84. The summed E-state index contributed by atoms with van der Waals surface area (Å²) in [7, 11) is 0. The molecule has 0 heteroatoms. The Morgan fingerprint density at radius 2 is 2.22 bits per heavy atom. The number of allylic oxidation sites excluding steroid dienone is 5. The van der Waals surface area contributed by atoms with E-state index in [-0.39, 0.29) is 0 Å². The zero-order valence-electron chi connectivity index (χ0n) is 6.22. The topological polar surface area (TPSA) is 0 Å². The Bertz CT molecular complexity index is 124. The maximum atomic E-state index is 3.36. The summed E-state index contributed by atoms with van der Waals surface area (Å²) in [6.45, 7) is 7.36. The third-order valence-electron chi connectivity index (χ3n) is 0.957. The maximum Gasteiger partial charge on any atom is -0.0160 e. The van der Waals surface area contributed by atoms with Crippen molar-refractivity contribution in [1.82, 2.24) is 0 Å². The molecule has 0 aromatic carbocycles. The highest BCUT2D eigenvalue weighted by atomic mass is 13.9. The molecule has 0 aromatic rings. The summed E-state index contributed by atoms with van der Waals surface area (Å²) in [6.07, 6.45) is 9.40. The fraction of sp³-hybridized carbons (Fsp3) is 0.333. The van der Waals surface area contributed by atoms with E-state index in [0.717, 1.165) is 6.42 Å². The average Bonchev–Trinajstić information content (AvgIpc) is 2.20. The quantitative estimate of drug-likeness (QED) is 0.433. The van der Waals surface area contributed by atoms with Gasteiger partial charge in [-0.1, -0.05) is 29.9 Å². The van der Waals surface area contributed by atoms with Gasteiger partial charge in [-0.2, -0.15) is 0 Å². The van der Waals surface area contributed by atoms with E-state index < -0.39 is 0 Å². The normalized spacial score (nSPS) is 13.8. The standard InChI is InChI=1S/C6H8.C3H6/c1-6-4-2-3-5-6;1-3-2/h2,4-5H,3H2,1H3;3H,1H2,2H3. The van der Waals surface area contributed by atoms with Crippen LogP contribution < -0.4 is 0 Å². The van der Waals surface area contributed by atoms with Crippen LogP contribution in [0.1, 0.15) is 20.3 Å². The summed E-state index contributed by atoms with van der Waals surface area (Å²) >= 11 is 0. The van der Waals surface area contributed by atoms with Gasteiger partial charge in [0.15, 0.2) is 0 Å². The monoisotopic (exact) mass is 122 g/mol. The molecule has 0 N–H and O–H groups in total. The lowest BCUT2D eigenvalue weighted by Crippen LogP contribution is -1.51. The Balaban J connectivity index is 0.000000187. The largest absolute Gasteiger partial charge is 0.103 e. The van der Waals surface area contributed by atoms with Crippen molar-refractivity contribution < 1.29 is 0 Å². The summed E-state index contributed by atoms with van der Waals surface area (Å²) in [4.78, 5) is 0. The van der Waals surface area contributed by atoms with Crippen molar-refractivity contribution in [3.05, 3.63) is 36.5 Å². The number of hydrogen-bond donors (Lipinski definition) is 0. The van der Waals surface area contributed by atoms with E-state index in [2.05, 4.69) is 31.7 Å². The molecular formula is C9H14.